The molecule has 0 amide bonds. The van der Waals surface area contributed by atoms with Crippen molar-refractivity contribution in [2.45, 2.75) is 6.54 Å². The molecule has 130 valence electrons. The molecule has 0 atom stereocenters. The molecule has 6 nitrogen and oxygen atoms in total. The predicted octanol–water partition coefficient (Wildman–Crippen LogP) is 3.78. The van der Waals surface area contributed by atoms with Crippen LogP contribution in [0.3, 0.4) is 0 Å². The Morgan fingerprint density at radius 2 is 1.92 bits per heavy atom. The molecule has 0 aliphatic heterocycles. The number of H-pyrrole nitrogens is 1. The van der Waals surface area contributed by atoms with E-state index < -0.39 is 0 Å². The van der Waals surface area contributed by atoms with Crippen molar-refractivity contribution in [3.8, 4) is 16.9 Å². The lowest BCUT2D eigenvalue weighted by Crippen LogP contribution is -2.03. The summed E-state index contributed by atoms with van der Waals surface area (Å²) in [5.74, 6) is 1.05. The lowest BCUT2D eigenvalue weighted by atomic mass is 10.0. The summed E-state index contributed by atoms with van der Waals surface area (Å²) in [6, 6.07) is 12.1. The first kappa shape index (κ1) is 16.0. The van der Waals surface area contributed by atoms with E-state index in [0.29, 0.717) is 23.6 Å². The first-order valence-corrected chi connectivity index (χ1v) is 8.05. The van der Waals surface area contributed by atoms with Gasteiger partial charge in [0.15, 0.2) is 0 Å². The number of benzene rings is 2. The van der Waals surface area contributed by atoms with Gasteiger partial charge in [-0.1, -0.05) is 12.1 Å². The summed E-state index contributed by atoms with van der Waals surface area (Å²) in [5.41, 5.74) is 3.43. The number of rotatable bonds is 5. The van der Waals surface area contributed by atoms with Gasteiger partial charge in [0.05, 0.1) is 19.3 Å². The van der Waals surface area contributed by atoms with E-state index in [9.17, 15) is 4.39 Å². The largest absolute Gasteiger partial charge is 0.494 e. The number of halogens is 1. The fraction of sp³-hybridized carbons (Fsp3) is 0.105. The van der Waals surface area contributed by atoms with Gasteiger partial charge in [0.25, 0.3) is 0 Å². The number of fused-ring (bicyclic) bond motifs is 1. The van der Waals surface area contributed by atoms with Crippen LogP contribution in [0.1, 0.15) is 5.69 Å². The van der Waals surface area contributed by atoms with Gasteiger partial charge < -0.3 is 10.1 Å². The fourth-order valence-corrected chi connectivity index (χ4v) is 2.80. The first-order chi connectivity index (χ1) is 12.7. The van der Waals surface area contributed by atoms with Crippen LogP contribution in [0.15, 0.2) is 55.0 Å². The molecule has 2 aromatic carbocycles. The fourth-order valence-electron chi connectivity index (χ4n) is 2.80. The highest BCUT2D eigenvalue weighted by molar-refractivity contribution is 5.96. The van der Waals surface area contributed by atoms with Crippen LogP contribution in [0.2, 0.25) is 0 Å². The molecular formula is C19H16FN5O. The topological polar surface area (TPSA) is 75.7 Å². The summed E-state index contributed by atoms with van der Waals surface area (Å²) >= 11 is 0. The Kier molecular flexibility index (Phi) is 4.18. The second kappa shape index (κ2) is 6.79. The molecule has 0 aliphatic carbocycles. The van der Waals surface area contributed by atoms with Gasteiger partial charge in [0.1, 0.15) is 29.2 Å². The summed E-state index contributed by atoms with van der Waals surface area (Å²) < 4.78 is 18.7. The number of aromatic nitrogens is 4. The molecule has 4 rings (SSSR count). The maximum Gasteiger partial charge on any atom is 0.145 e. The zero-order valence-electron chi connectivity index (χ0n) is 14.0. The van der Waals surface area contributed by atoms with E-state index in [-0.39, 0.29) is 5.82 Å². The van der Waals surface area contributed by atoms with E-state index in [1.54, 1.807) is 25.4 Å². The number of ether oxygens (including phenoxy) is 1. The van der Waals surface area contributed by atoms with Crippen LogP contribution in [-0.2, 0) is 6.54 Å². The van der Waals surface area contributed by atoms with Crippen molar-refractivity contribution in [3.05, 3.63) is 66.5 Å². The summed E-state index contributed by atoms with van der Waals surface area (Å²) in [6.07, 6.45) is 3.20. The highest BCUT2D eigenvalue weighted by Crippen LogP contribution is 2.34. The molecule has 0 bridgehead atoms. The quantitative estimate of drug-likeness (QED) is 0.573. The molecule has 2 aromatic heterocycles. The first-order valence-electron chi connectivity index (χ1n) is 8.05. The average Bonchev–Trinajstić information content (AvgIpc) is 3.19. The van der Waals surface area contributed by atoms with Gasteiger partial charge in [0.2, 0.25) is 0 Å². The van der Waals surface area contributed by atoms with Crippen molar-refractivity contribution in [2.24, 2.45) is 0 Å². The predicted molar refractivity (Wildman–Crippen MR) is 97.4 cm³/mol. The van der Waals surface area contributed by atoms with Gasteiger partial charge in [-0.2, -0.15) is 5.10 Å². The normalized spacial score (nSPS) is 10.8. The lowest BCUT2D eigenvalue weighted by molar-refractivity contribution is 0.419. The van der Waals surface area contributed by atoms with Crippen LogP contribution >= 0.6 is 0 Å². The van der Waals surface area contributed by atoms with Gasteiger partial charge in [-0.05, 0) is 41.5 Å². The zero-order valence-corrected chi connectivity index (χ0v) is 14.0. The monoisotopic (exact) mass is 349 g/mol. The Hall–Kier alpha value is -3.48. The van der Waals surface area contributed by atoms with Crippen LogP contribution in [0, 0.1) is 5.82 Å². The van der Waals surface area contributed by atoms with E-state index in [2.05, 4.69) is 25.5 Å². The maximum atomic E-state index is 13.2. The van der Waals surface area contributed by atoms with Crippen molar-refractivity contribution in [1.29, 1.82) is 0 Å². The smallest absolute Gasteiger partial charge is 0.145 e. The van der Waals surface area contributed by atoms with Gasteiger partial charge in [-0.25, -0.2) is 14.4 Å². The third-order valence-corrected chi connectivity index (χ3v) is 4.11. The molecular weight excluding hydrogens is 333 g/mol. The molecule has 0 spiro atoms. The van der Waals surface area contributed by atoms with Crippen LogP contribution in [-0.4, -0.2) is 27.3 Å². The molecule has 26 heavy (non-hydrogen) atoms. The molecule has 0 aliphatic rings. The SMILES string of the molecule is COc1cc(-c2ccc(F)cc2)cc2c(NCc3ccn[nH]3)ncnc12. The van der Waals surface area contributed by atoms with Crippen molar-refractivity contribution in [3.63, 3.8) is 0 Å². The Balaban J connectivity index is 1.80. The molecule has 2 N–H and O–H groups in total. The van der Waals surface area contributed by atoms with Crippen molar-refractivity contribution < 1.29 is 9.13 Å². The Bertz CT molecular complexity index is 1030. The van der Waals surface area contributed by atoms with Crippen LogP contribution in [0.25, 0.3) is 22.0 Å². The summed E-state index contributed by atoms with van der Waals surface area (Å²) in [5, 5.41) is 11.0. The second-order valence-corrected chi connectivity index (χ2v) is 5.74. The maximum absolute atomic E-state index is 13.2. The van der Waals surface area contributed by atoms with Crippen LogP contribution in [0.5, 0.6) is 5.75 Å². The lowest BCUT2D eigenvalue weighted by Gasteiger charge is -2.12. The minimum atomic E-state index is -0.272. The summed E-state index contributed by atoms with van der Waals surface area (Å²) in [4.78, 5) is 8.71. The highest BCUT2D eigenvalue weighted by atomic mass is 19.1. The number of nitrogens with one attached hydrogen (secondary N) is 2. The number of hydrogen-bond donors (Lipinski definition) is 2. The number of aromatic amines is 1. The molecule has 4 aromatic rings. The Labute approximate surface area is 149 Å². The molecule has 0 radical (unpaired) electrons. The third kappa shape index (κ3) is 3.06. The van der Waals surface area contributed by atoms with E-state index in [1.165, 1.54) is 18.5 Å². The third-order valence-electron chi connectivity index (χ3n) is 4.11. The van der Waals surface area contributed by atoms with Gasteiger partial charge in [0, 0.05) is 11.6 Å². The summed E-state index contributed by atoms with van der Waals surface area (Å²) in [7, 11) is 1.60. The van der Waals surface area contributed by atoms with E-state index in [1.807, 2.05) is 18.2 Å². The molecule has 0 saturated carbocycles. The zero-order chi connectivity index (χ0) is 17.9. The number of nitrogens with zero attached hydrogens (tertiary/aromatic N) is 3. The van der Waals surface area contributed by atoms with E-state index >= 15 is 0 Å². The second-order valence-electron chi connectivity index (χ2n) is 5.74. The van der Waals surface area contributed by atoms with E-state index in [4.69, 9.17) is 4.74 Å². The van der Waals surface area contributed by atoms with Crippen molar-refractivity contribution >= 4 is 16.7 Å². The molecule has 0 unspecified atom stereocenters. The molecule has 0 saturated heterocycles. The Morgan fingerprint density at radius 1 is 1.08 bits per heavy atom. The number of methoxy groups -OCH3 is 1. The van der Waals surface area contributed by atoms with Crippen molar-refractivity contribution in [2.75, 3.05) is 12.4 Å². The minimum absolute atomic E-state index is 0.272. The molecule has 7 heteroatoms. The van der Waals surface area contributed by atoms with E-state index in [0.717, 1.165) is 22.2 Å². The standard InChI is InChI=1S/C19H16FN5O/c1-26-17-9-13(12-2-4-14(20)5-3-12)8-16-18(17)22-11-23-19(16)21-10-15-6-7-24-25-15/h2-9,11H,10H2,1H3,(H,24,25)(H,21,22,23). The number of anilines is 1. The van der Waals surface area contributed by atoms with Crippen LogP contribution < -0.4 is 10.1 Å². The average molecular weight is 349 g/mol. The summed E-state index contributed by atoms with van der Waals surface area (Å²) in [6.45, 7) is 0.551. The van der Waals surface area contributed by atoms with Crippen LogP contribution in [0.4, 0.5) is 10.2 Å². The highest BCUT2D eigenvalue weighted by Gasteiger charge is 2.12. The van der Waals surface area contributed by atoms with Crippen molar-refractivity contribution in [1.82, 2.24) is 20.2 Å². The Morgan fingerprint density at radius 3 is 2.65 bits per heavy atom. The minimum Gasteiger partial charge on any atom is -0.494 e. The molecule has 0 fully saturated rings. The molecule has 2 heterocycles. The number of hydrogen-bond acceptors (Lipinski definition) is 5. The van der Waals surface area contributed by atoms with Gasteiger partial charge >= 0.3 is 0 Å². The van der Waals surface area contributed by atoms with Gasteiger partial charge in [-0.3, -0.25) is 5.10 Å². The van der Waals surface area contributed by atoms with Gasteiger partial charge in [-0.15, -0.1) is 0 Å².